The fraction of sp³-hybridized carbons (Fsp3) is 0.565. The van der Waals surface area contributed by atoms with Crippen molar-refractivity contribution in [3.63, 3.8) is 0 Å². The minimum Gasteiger partial charge on any atom is -0.342 e. The van der Waals surface area contributed by atoms with E-state index in [2.05, 4.69) is 67.0 Å². The number of carbonyl (C=O) groups excluding carboxylic acids is 1. The lowest BCUT2D eigenvalue weighted by Crippen LogP contribution is -2.34. The molecule has 1 aromatic carbocycles. The molecule has 3 heterocycles. The van der Waals surface area contributed by atoms with Gasteiger partial charge in [0, 0.05) is 50.3 Å². The molecule has 0 spiro atoms. The second kappa shape index (κ2) is 7.36. The van der Waals surface area contributed by atoms with Gasteiger partial charge in [-0.3, -0.25) is 14.4 Å². The van der Waals surface area contributed by atoms with Crippen LogP contribution in [0.15, 0.2) is 24.3 Å². The third-order valence-electron chi connectivity index (χ3n) is 7.04. The topological polar surface area (TPSA) is 41.4 Å². The molecule has 150 valence electrons. The number of carbonyl (C=O) groups is 1. The number of aromatic nitrogens is 2. The Morgan fingerprint density at radius 3 is 2.54 bits per heavy atom. The van der Waals surface area contributed by atoms with E-state index in [1.54, 1.807) is 0 Å². The molecule has 4 rings (SSSR count). The van der Waals surface area contributed by atoms with Crippen molar-refractivity contribution in [3.8, 4) is 0 Å². The molecule has 1 amide bonds. The van der Waals surface area contributed by atoms with Crippen LogP contribution in [0.3, 0.4) is 0 Å². The smallest absolute Gasteiger partial charge is 0.224 e. The van der Waals surface area contributed by atoms with E-state index in [4.69, 9.17) is 0 Å². The molecule has 0 radical (unpaired) electrons. The summed E-state index contributed by atoms with van der Waals surface area (Å²) in [6, 6.07) is 9.12. The first-order valence-electron chi connectivity index (χ1n) is 10.4. The molecule has 0 saturated carbocycles. The zero-order chi connectivity index (χ0) is 20.0. The molecule has 1 aromatic heterocycles. The number of hydrogen-bond acceptors (Lipinski definition) is 3. The highest BCUT2D eigenvalue weighted by atomic mass is 16.2. The second-order valence-electron chi connectivity index (χ2n) is 8.73. The van der Waals surface area contributed by atoms with E-state index >= 15 is 0 Å². The summed E-state index contributed by atoms with van der Waals surface area (Å²) < 4.78 is 1.99. The van der Waals surface area contributed by atoms with E-state index in [1.807, 2.05) is 11.6 Å². The Morgan fingerprint density at radius 2 is 1.86 bits per heavy atom. The first kappa shape index (κ1) is 19.2. The molecule has 2 fully saturated rings. The normalized spacial score (nSPS) is 24.8. The van der Waals surface area contributed by atoms with Crippen molar-refractivity contribution in [3.05, 3.63) is 52.3 Å². The van der Waals surface area contributed by atoms with Crippen LogP contribution in [-0.2, 0) is 11.3 Å². The molecule has 0 unspecified atom stereocenters. The van der Waals surface area contributed by atoms with Gasteiger partial charge in [0.15, 0.2) is 0 Å². The average Bonchev–Trinajstić information content (AvgIpc) is 3.28. The second-order valence-corrected chi connectivity index (χ2v) is 8.73. The van der Waals surface area contributed by atoms with Gasteiger partial charge in [-0.05, 0) is 57.4 Å². The summed E-state index contributed by atoms with van der Waals surface area (Å²) in [5, 5.41) is 4.58. The summed E-state index contributed by atoms with van der Waals surface area (Å²) in [5.41, 5.74) is 6.23. The van der Waals surface area contributed by atoms with Crippen LogP contribution in [0.2, 0.25) is 0 Å². The Morgan fingerprint density at radius 1 is 1.11 bits per heavy atom. The van der Waals surface area contributed by atoms with Gasteiger partial charge in [0.2, 0.25) is 5.91 Å². The molecule has 2 aromatic rings. The molecule has 3 atom stereocenters. The maximum atomic E-state index is 12.9. The number of rotatable bonds is 4. The minimum atomic E-state index is 0.269. The summed E-state index contributed by atoms with van der Waals surface area (Å²) in [5.74, 6) is 1.38. The molecule has 0 N–H and O–H groups in total. The Kier molecular flexibility index (Phi) is 5.04. The van der Waals surface area contributed by atoms with E-state index in [9.17, 15) is 4.79 Å². The Bertz CT molecular complexity index is 887. The number of amides is 1. The summed E-state index contributed by atoms with van der Waals surface area (Å²) in [6.45, 7) is 11.9. The van der Waals surface area contributed by atoms with Gasteiger partial charge in [-0.15, -0.1) is 0 Å². The predicted molar refractivity (Wildman–Crippen MR) is 111 cm³/mol. The molecule has 5 heteroatoms. The molecule has 2 aliphatic heterocycles. The van der Waals surface area contributed by atoms with Crippen molar-refractivity contribution in [2.24, 2.45) is 11.8 Å². The summed E-state index contributed by atoms with van der Waals surface area (Å²) in [4.78, 5) is 17.5. The van der Waals surface area contributed by atoms with Crippen molar-refractivity contribution < 1.29 is 4.79 Å². The van der Waals surface area contributed by atoms with Crippen LogP contribution >= 0.6 is 0 Å². The fourth-order valence-electron chi connectivity index (χ4n) is 5.21. The number of nitrogens with zero attached hydrogens (tertiary/aromatic N) is 4. The lowest BCUT2D eigenvalue weighted by Gasteiger charge is -2.28. The van der Waals surface area contributed by atoms with Crippen molar-refractivity contribution in [2.45, 2.75) is 46.7 Å². The van der Waals surface area contributed by atoms with Crippen molar-refractivity contribution in [1.29, 1.82) is 0 Å². The van der Waals surface area contributed by atoms with Crippen LogP contribution in [0.5, 0.6) is 0 Å². The van der Waals surface area contributed by atoms with E-state index in [0.29, 0.717) is 30.8 Å². The predicted octanol–water partition coefficient (Wildman–Crippen LogP) is 3.27. The van der Waals surface area contributed by atoms with Crippen LogP contribution in [0.1, 0.15) is 40.5 Å². The van der Waals surface area contributed by atoms with Crippen LogP contribution in [0.4, 0.5) is 0 Å². The lowest BCUT2D eigenvalue weighted by molar-refractivity contribution is -0.130. The van der Waals surface area contributed by atoms with Crippen LogP contribution in [0.25, 0.3) is 0 Å². The van der Waals surface area contributed by atoms with E-state index in [-0.39, 0.29) is 5.91 Å². The van der Waals surface area contributed by atoms with Crippen molar-refractivity contribution >= 4 is 5.91 Å². The fourth-order valence-corrected chi connectivity index (χ4v) is 5.21. The largest absolute Gasteiger partial charge is 0.342 e. The third kappa shape index (κ3) is 3.26. The zero-order valence-corrected chi connectivity index (χ0v) is 17.8. The van der Waals surface area contributed by atoms with Crippen molar-refractivity contribution in [1.82, 2.24) is 19.6 Å². The minimum absolute atomic E-state index is 0.269. The van der Waals surface area contributed by atoms with Crippen molar-refractivity contribution in [2.75, 3.05) is 26.7 Å². The van der Waals surface area contributed by atoms with Crippen LogP contribution < -0.4 is 0 Å². The highest BCUT2D eigenvalue weighted by Crippen LogP contribution is 2.44. The highest BCUT2D eigenvalue weighted by Gasteiger charge is 2.47. The van der Waals surface area contributed by atoms with E-state index in [1.165, 1.54) is 22.4 Å². The molecular weight excluding hydrogens is 348 g/mol. The molecule has 2 saturated heterocycles. The quantitative estimate of drug-likeness (QED) is 0.817. The van der Waals surface area contributed by atoms with Gasteiger partial charge in [-0.2, -0.15) is 5.10 Å². The van der Waals surface area contributed by atoms with Gasteiger partial charge in [0.1, 0.15) is 0 Å². The van der Waals surface area contributed by atoms with Gasteiger partial charge in [0.05, 0.1) is 5.69 Å². The summed E-state index contributed by atoms with van der Waals surface area (Å²) >= 11 is 0. The van der Waals surface area contributed by atoms with Gasteiger partial charge < -0.3 is 4.90 Å². The molecule has 0 bridgehead atoms. The van der Waals surface area contributed by atoms with Gasteiger partial charge in [0.25, 0.3) is 0 Å². The number of fused-ring (bicyclic) bond motifs is 1. The Balaban J connectivity index is 1.43. The molecular formula is C23H32N4O. The number of benzene rings is 1. The number of aryl methyl sites for hydroxylation is 3. The standard InChI is InChI=1S/C23H32N4O/c1-15-8-6-7-9-20(15)23-21-14-26(13-19(21)12-25(23)5)22(28)10-11-27-18(4)16(2)17(3)24-27/h6-9,19,21,23H,10-14H2,1-5H3/t19-,21+,23+/m0/s1. The van der Waals surface area contributed by atoms with Crippen LogP contribution in [-0.4, -0.2) is 52.2 Å². The lowest BCUT2D eigenvalue weighted by atomic mass is 9.88. The first-order chi connectivity index (χ1) is 13.4. The first-order valence-corrected chi connectivity index (χ1v) is 10.4. The number of likely N-dealkylation sites (tertiary alicyclic amines) is 2. The molecule has 0 aliphatic carbocycles. The Hall–Kier alpha value is -2.14. The molecule has 5 nitrogen and oxygen atoms in total. The van der Waals surface area contributed by atoms with E-state index in [0.717, 1.165) is 25.3 Å². The Labute approximate surface area is 168 Å². The summed E-state index contributed by atoms with van der Waals surface area (Å²) in [6.07, 6.45) is 0.533. The molecule has 2 aliphatic rings. The van der Waals surface area contributed by atoms with Gasteiger partial charge in [-0.1, -0.05) is 24.3 Å². The summed E-state index contributed by atoms with van der Waals surface area (Å²) in [7, 11) is 2.23. The number of hydrogen-bond donors (Lipinski definition) is 0. The average molecular weight is 381 g/mol. The van der Waals surface area contributed by atoms with Crippen LogP contribution in [0, 0.1) is 39.5 Å². The SMILES string of the molecule is Cc1ccccc1[C@@H]1[C@@H]2CN(C(=O)CCn3nc(C)c(C)c3C)C[C@@H]2CN1C. The van der Waals surface area contributed by atoms with E-state index < -0.39 is 0 Å². The maximum absolute atomic E-state index is 12.9. The monoisotopic (exact) mass is 380 g/mol. The van der Waals surface area contributed by atoms with Gasteiger partial charge >= 0.3 is 0 Å². The molecule has 28 heavy (non-hydrogen) atoms. The maximum Gasteiger partial charge on any atom is 0.224 e. The zero-order valence-electron chi connectivity index (χ0n) is 17.8. The van der Waals surface area contributed by atoms with Gasteiger partial charge in [-0.25, -0.2) is 0 Å². The third-order valence-corrected chi connectivity index (χ3v) is 7.04. The highest BCUT2D eigenvalue weighted by molar-refractivity contribution is 5.76.